The van der Waals surface area contributed by atoms with Gasteiger partial charge in [0.05, 0.1) is 24.5 Å². The number of hydrogen-bond donors (Lipinski definition) is 0. The van der Waals surface area contributed by atoms with Crippen molar-refractivity contribution in [3.05, 3.63) is 82.9 Å². The molecule has 0 radical (unpaired) electrons. The molecule has 1 fully saturated rings. The molecule has 0 unspecified atom stereocenters. The first-order valence-corrected chi connectivity index (χ1v) is 11.3. The van der Waals surface area contributed by atoms with E-state index in [1.165, 1.54) is 12.3 Å². The lowest BCUT2D eigenvalue weighted by atomic mass is 9.98. The molecule has 4 rings (SSSR count). The largest absolute Gasteiger partial charge is 0.416 e. The number of aliphatic imine (C=N–C) groups is 2. The van der Waals surface area contributed by atoms with Crippen LogP contribution >= 0.6 is 0 Å². The molecule has 0 amide bonds. The lowest BCUT2D eigenvalue weighted by Crippen LogP contribution is -2.36. The van der Waals surface area contributed by atoms with E-state index in [2.05, 4.69) is 14.9 Å². The molecular formula is C26H26F3N3O2. The maximum Gasteiger partial charge on any atom is 0.416 e. The van der Waals surface area contributed by atoms with E-state index < -0.39 is 17.9 Å². The monoisotopic (exact) mass is 469 g/mol. The van der Waals surface area contributed by atoms with Crippen LogP contribution in [0.25, 0.3) is 0 Å². The summed E-state index contributed by atoms with van der Waals surface area (Å²) in [4.78, 5) is 24.5. The van der Waals surface area contributed by atoms with Crippen LogP contribution in [0.5, 0.6) is 0 Å². The van der Waals surface area contributed by atoms with Crippen LogP contribution in [-0.4, -0.2) is 55.5 Å². The maximum absolute atomic E-state index is 13.3. The molecule has 2 aromatic rings. The van der Waals surface area contributed by atoms with Crippen LogP contribution < -0.4 is 0 Å². The van der Waals surface area contributed by atoms with Gasteiger partial charge in [-0.25, -0.2) is 0 Å². The van der Waals surface area contributed by atoms with E-state index in [1.54, 1.807) is 30.3 Å². The van der Waals surface area contributed by atoms with Crippen LogP contribution in [0.1, 0.15) is 46.1 Å². The fraction of sp³-hybridized carbons (Fsp3) is 0.346. The minimum absolute atomic E-state index is 0.239. The van der Waals surface area contributed by atoms with Crippen molar-refractivity contribution in [2.75, 3.05) is 32.8 Å². The molecule has 178 valence electrons. The molecule has 5 nitrogen and oxygen atoms in total. The van der Waals surface area contributed by atoms with Crippen molar-refractivity contribution in [3.63, 3.8) is 0 Å². The molecule has 0 bridgehead atoms. The highest BCUT2D eigenvalue weighted by Crippen LogP contribution is 2.32. The number of nitrogens with zero attached hydrogens (tertiary/aromatic N) is 3. The molecular weight excluding hydrogens is 443 g/mol. The summed E-state index contributed by atoms with van der Waals surface area (Å²) in [6.07, 6.45) is 1.12. The highest BCUT2D eigenvalue weighted by molar-refractivity contribution is 6.47. The van der Waals surface area contributed by atoms with E-state index in [0.29, 0.717) is 11.1 Å². The van der Waals surface area contributed by atoms with Gasteiger partial charge in [-0.15, -0.1) is 0 Å². The van der Waals surface area contributed by atoms with Gasteiger partial charge in [-0.2, -0.15) is 13.2 Å². The van der Waals surface area contributed by atoms with Crippen LogP contribution in [-0.2, 0) is 10.9 Å². The third-order valence-corrected chi connectivity index (χ3v) is 5.81. The van der Waals surface area contributed by atoms with E-state index in [1.807, 2.05) is 12.2 Å². The number of ether oxygens (including phenoxy) is 1. The summed E-state index contributed by atoms with van der Waals surface area (Å²) >= 11 is 0. The number of morpholine rings is 1. The Morgan fingerprint density at radius 2 is 1.85 bits per heavy atom. The average molecular weight is 470 g/mol. The van der Waals surface area contributed by atoms with Crippen molar-refractivity contribution >= 4 is 17.7 Å². The second-order valence-corrected chi connectivity index (χ2v) is 8.19. The van der Waals surface area contributed by atoms with Gasteiger partial charge in [-0.05, 0) is 24.1 Å². The van der Waals surface area contributed by atoms with Crippen molar-refractivity contribution in [2.24, 2.45) is 9.98 Å². The minimum Gasteiger partial charge on any atom is -0.379 e. The number of carbonyl (C=O) groups excluding carboxylic acids is 1. The number of alkyl halides is 3. The van der Waals surface area contributed by atoms with Crippen molar-refractivity contribution in [2.45, 2.75) is 25.2 Å². The van der Waals surface area contributed by atoms with Gasteiger partial charge in [0.25, 0.3) is 0 Å². The van der Waals surface area contributed by atoms with Gasteiger partial charge in [-0.3, -0.25) is 19.7 Å². The summed E-state index contributed by atoms with van der Waals surface area (Å²) in [5.41, 5.74) is 0.887. The molecule has 0 aromatic heterocycles. The number of allylic oxidation sites excluding steroid dienone is 1. The number of rotatable bonds is 6. The van der Waals surface area contributed by atoms with Gasteiger partial charge in [0.1, 0.15) is 0 Å². The van der Waals surface area contributed by atoms with Crippen LogP contribution in [0.15, 0.2) is 70.7 Å². The highest BCUT2D eigenvalue weighted by atomic mass is 19.4. The van der Waals surface area contributed by atoms with Gasteiger partial charge < -0.3 is 4.74 Å². The molecule has 34 heavy (non-hydrogen) atoms. The topological polar surface area (TPSA) is 54.3 Å². The van der Waals surface area contributed by atoms with Gasteiger partial charge >= 0.3 is 6.18 Å². The second-order valence-electron chi connectivity index (χ2n) is 8.19. The van der Waals surface area contributed by atoms with Crippen LogP contribution in [0.4, 0.5) is 13.2 Å². The van der Waals surface area contributed by atoms with E-state index in [0.717, 1.165) is 51.4 Å². The van der Waals surface area contributed by atoms with Crippen LogP contribution in [0, 0.1) is 0 Å². The fourth-order valence-corrected chi connectivity index (χ4v) is 3.94. The quantitative estimate of drug-likeness (QED) is 0.552. The third-order valence-electron chi connectivity index (χ3n) is 5.81. The van der Waals surface area contributed by atoms with Crippen LogP contribution in [0.2, 0.25) is 0 Å². The summed E-state index contributed by atoms with van der Waals surface area (Å²) in [6, 6.07) is 12.0. The Labute approximate surface area is 196 Å². The lowest BCUT2D eigenvalue weighted by molar-refractivity contribution is -0.137. The first-order valence-electron chi connectivity index (χ1n) is 11.3. The Hall–Kier alpha value is -3.10. The Kier molecular flexibility index (Phi) is 7.70. The second kappa shape index (κ2) is 10.9. The van der Waals surface area contributed by atoms with E-state index in [4.69, 9.17) is 4.74 Å². The number of benzene rings is 2. The van der Waals surface area contributed by atoms with E-state index in [-0.39, 0.29) is 23.5 Å². The molecule has 1 saturated heterocycles. The molecule has 2 heterocycles. The predicted octanol–water partition coefficient (Wildman–Crippen LogP) is 5.13. The number of hydrogen-bond acceptors (Lipinski definition) is 5. The van der Waals surface area contributed by atoms with E-state index >= 15 is 0 Å². The molecule has 2 aliphatic heterocycles. The van der Waals surface area contributed by atoms with Gasteiger partial charge in [0, 0.05) is 43.4 Å². The minimum atomic E-state index is -4.47. The number of carbonyl (C=O) groups is 1. The molecule has 2 aromatic carbocycles. The molecule has 0 spiro atoms. The number of ketones is 1. The maximum atomic E-state index is 13.3. The van der Waals surface area contributed by atoms with Gasteiger partial charge in [0.2, 0.25) is 5.78 Å². The molecule has 0 saturated carbocycles. The standard InChI is InChI=1S/C26H26F3N3O2/c27-26(28,29)21-9-6-8-19(17-21)25-30-18-20-7-3-4-10-22(20)24(33)23(31-25)11-2-1-5-12-32-13-15-34-16-14-32/h1-4,6-10,17-18,25H,5,11-16H2/b2-1+,30-18?,31-23?/t25-/m0/s1. The van der Waals surface area contributed by atoms with Crippen molar-refractivity contribution in [1.29, 1.82) is 0 Å². The third kappa shape index (κ3) is 6.07. The Bertz CT molecular complexity index is 1100. The Morgan fingerprint density at radius 3 is 2.65 bits per heavy atom. The molecule has 8 heteroatoms. The fourth-order valence-electron chi connectivity index (χ4n) is 3.94. The lowest BCUT2D eigenvalue weighted by Gasteiger charge is -2.25. The number of fused-ring (bicyclic) bond motifs is 1. The van der Waals surface area contributed by atoms with Crippen molar-refractivity contribution in [1.82, 2.24) is 4.90 Å². The number of Topliss-reactive ketones (excluding diaryl/α,β-unsaturated/α-hetero) is 1. The first-order chi connectivity index (χ1) is 16.4. The Balaban J connectivity index is 1.57. The van der Waals surface area contributed by atoms with Gasteiger partial charge in [-0.1, -0.05) is 48.6 Å². The summed E-state index contributed by atoms with van der Waals surface area (Å²) in [5, 5.41) is 0. The number of halogens is 3. The molecule has 0 N–H and O–H groups in total. The summed E-state index contributed by atoms with van der Waals surface area (Å²) < 4.78 is 45.1. The van der Waals surface area contributed by atoms with Crippen molar-refractivity contribution < 1.29 is 22.7 Å². The first kappa shape index (κ1) is 24.0. The molecule has 0 aliphatic carbocycles. The predicted molar refractivity (Wildman–Crippen MR) is 126 cm³/mol. The zero-order valence-electron chi connectivity index (χ0n) is 18.7. The van der Waals surface area contributed by atoms with E-state index in [9.17, 15) is 18.0 Å². The Morgan fingerprint density at radius 1 is 1.06 bits per heavy atom. The smallest absolute Gasteiger partial charge is 0.379 e. The van der Waals surface area contributed by atoms with Gasteiger partial charge in [0.15, 0.2) is 6.17 Å². The van der Waals surface area contributed by atoms with Crippen molar-refractivity contribution in [3.8, 4) is 0 Å². The zero-order chi connectivity index (χ0) is 24.0. The summed E-state index contributed by atoms with van der Waals surface area (Å²) in [7, 11) is 0. The SMILES string of the molecule is O=C1C(C/C=C/CCN2CCOCC2)=N[C@@H](c2cccc(C(F)(F)F)c2)N=Cc2ccccc21. The normalized spacial score (nSPS) is 19.6. The summed E-state index contributed by atoms with van der Waals surface area (Å²) in [6.45, 7) is 4.21. The highest BCUT2D eigenvalue weighted by Gasteiger charge is 2.31. The molecule has 2 aliphatic rings. The van der Waals surface area contributed by atoms with Crippen LogP contribution in [0.3, 0.4) is 0 Å². The summed E-state index contributed by atoms with van der Waals surface area (Å²) in [5.74, 6) is -0.239. The molecule has 1 atom stereocenters. The average Bonchev–Trinajstić information content (AvgIpc) is 2.84. The zero-order valence-corrected chi connectivity index (χ0v) is 18.7.